The molecule has 2 N–H and O–H groups in total. The third-order valence-electron chi connectivity index (χ3n) is 9.48. The number of carbonyl (C=O) groups is 2. The van der Waals surface area contributed by atoms with Crippen LogP contribution in [0.3, 0.4) is 0 Å². The van der Waals surface area contributed by atoms with Gasteiger partial charge in [-0.15, -0.1) is 0 Å². The molecule has 7 rings (SSSR count). The van der Waals surface area contributed by atoms with E-state index in [4.69, 9.17) is 20.6 Å². The van der Waals surface area contributed by atoms with Crippen LogP contribution in [0.2, 0.25) is 0 Å². The number of pyridine rings is 2. The minimum atomic E-state index is -2.57. The van der Waals surface area contributed by atoms with E-state index in [9.17, 15) is 27.2 Å². The van der Waals surface area contributed by atoms with Crippen LogP contribution in [0.4, 0.5) is 23.2 Å². The van der Waals surface area contributed by atoms with Crippen molar-refractivity contribution >= 4 is 28.5 Å². The Kier molecular flexibility index (Phi) is 8.09. The van der Waals surface area contributed by atoms with Gasteiger partial charge in [0.15, 0.2) is 12.3 Å². The van der Waals surface area contributed by atoms with Gasteiger partial charge in [0.2, 0.25) is 0 Å². The van der Waals surface area contributed by atoms with Gasteiger partial charge in [0.05, 0.1) is 47.6 Å². The van der Waals surface area contributed by atoms with Crippen molar-refractivity contribution in [1.29, 1.82) is 0 Å². The van der Waals surface area contributed by atoms with E-state index >= 15 is 0 Å². The van der Waals surface area contributed by atoms with Crippen LogP contribution in [0.1, 0.15) is 67.3 Å². The maximum absolute atomic E-state index is 14.5. The number of benzene rings is 1. The smallest absolute Gasteiger partial charge is 0.265 e. The zero-order valence-electron chi connectivity index (χ0n) is 26.6. The maximum Gasteiger partial charge on any atom is 0.265 e. The Balaban J connectivity index is 1.27. The van der Waals surface area contributed by atoms with Crippen molar-refractivity contribution in [2.24, 2.45) is 11.7 Å². The number of primary amides is 1. The van der Waals surface area contributed by atoms with Gasteiger partial charge >= 0.3 is 0 Å². The van der Waals surface area contributed by atoms with Crippen molar-refractivity contribution in [3.63, 3.8) is 0 Å². The Hall–Kier alpha value is -4.59. The van der Waals surface area contributed by atoms with Gasteiger partial charge < -0.3 is 10.5 Å². The molecule has 3 aliphatic rings. The van der Waals surface area contributed by atoms with Gasteiger partial charge in [-0.25, -0.2) is 27.2 Å². The molecule has 2 aliphatic heterocycles. The monoisotopic (exact) mass is 665 g/mol. The van der Waals surface area contributed by atoms with Crippen molar-refractivity contribution < 1.29 is 31.9 Å². The molecule has 0 spiro atoms. The largest absolute Gasteiger partial charge is 0.482 e. The zero-order chi connectivity index (χ0) is 33.9. The first-order valence-electron chi connectivity index (χ1n) is 16.1. The summed E-state index contributed by atoms with van der Waals surface area (Å²) < 4.78 is 62.7. The van der Waals surface area contributed by atoms with E-state index in [1.165, 1.54) is 4.90 Å². The highest BCUT2D eigenvalue weighted by molar-refractivity contribution is 6.09. The van der Waals surface area contributed by atoms with Crippen molar-refractivity contribution in [3.8, 4) is 16.9 Å². The molecule has 48 heavy (non-hydrogen) atoms. The first-order chi connectivity index (χ1) is 22.9. The summed E-state index contributed by atoms with van der Waals surface area (Å²) >= 11 is 0. The number of anilines is 1. The molecular formula is C34H35F4N7O3. The number of halogens is 4. The molecule has 0 unspecified atom stereocenters. The van der Waals surface area contributed by atoms with Crippen LogP contribution in [0, 0.1) is 17.6 Å². The predicted octanol–water partition coefficient (Wildman–Crippen LogP) is 5.43. The number of fused-ring (bicyclic) bond motifs is 2. The fourth-order valence-electron chi connectivity index (χ4n) is 7.10. The van der Waals surface area contributed by atoms with E-state index < -0.39 is 29.4 Å². The molecule has 0 radical (unpaired) electrons. The molecule has 1 saturated heterocycles. The van der Waals surface area contributed by atoms with E-state index in [-0.39, 0.29) is 55.3 Å². The van der Waals surface area contributed by atoms with Crippen molar-refractivity contribution in [1.82, 2.24) is 24.6 Å². The summed E-state index contributed by atoms with van der Waals surface area (Å²) in [5, 5.41) is 5.34. The van der Waals surface area contributed by atoms with Crippen molar-refractivity contribution in [2.75, 3.05) is 24.6 Å². The number of alkyl halides is 2. The predicted molar refractivity (Wildman–Crippen MR) is 169 cm³/mol. The minimum absolute atomic E-state index is 0.0158. The molecule has 10 nitrogen and oxygen atoms in total. The first kappa shape index (κ1) is 32.0. The number of aromatic nitrogens is 4. The molecule has 1 aliphatic carbocycles. The highest BCUT2D eigenvalue weighted by atomic mass is 19.3. The number of amides is 2. The fraction of sp³-hybridized carbons (Fsp3) is 0.441. The number of carbonyl (C=O) groups excluding carboxylic acids is 2. The number of nitrogens with zero attached hydrogens (tertiary/aromatic N) is 6. The molecular weight excluding hydrogens is 630 g/mol. The summed E-state index contributed by atoms with van der Waals surface area (Å²) in [6, 6.07) is 5.68. The quantitative estimate of drug-likeness (QED) is 0.250. The number of hydrogen-bond donors (Lipinski definition) is 1. The van der Waals surface area contributed by atoms with Gasteiger partial charge in [0.1, 0.15) is 17.4 Å². The molecule has 2 fully saturated rings. The summed E-state index contributed by atoms with van der Waals surface area (Å²) in [7, 11) is 0. The normalized spacial score (nSPS) is 18.6. The molecule has 3 aromatic heterocycles. The maximum atomic E-state index is 14.5. The highest BCUT2D eigenvalue weighted by Gasteiger charge is 2.48. The molecule has 252 valence electrons. The SMILES string of the molecule is CC(C)Cc1nc2c(cnn2C2CCN(C3CC(F)(F)C3)CC2)c(-c2ccc3c(c2)OCC(=O)N3Cc2ncc(F)cc2F)c1C(N)=O. The summed E-state index contributed by atoms with van der Waals surface area (Å²) in [5.41, 5.74) is 8.78. The lowest BCUT2D eigenvalue weighted by molar-refractivity contribution is -0.128. The third kappa shape index (κ3) is 5.86. The standard InChI is InChI=1S/C34H35F4N7O3/c1-18(2)9-25-31(32(39)47)30(23-15-41-45(33(23)42-25)21-5-7-43(8-6-21)22-12-34(37,38)13-22)19-3-4-27-28(10-19)48-17-29(46)44(27)16-26-24(36)11-20(35)14-40-26/h3-4,10-11,14-15,18,21-22H,5-9,12-13,16-17H2,1-2H3,(H2,39,47). The molecule has 0 atom stereocenters. The molecule has 1 saturated carbocycles. The minimum Gasteiger partial charge on any atom is -0.482 e. The van der Waals surface area contributed by atoms with Gasteiger partial charge in [0.25, 0.3) is 17.7 Å². The zero-order valence-corrected chi connectivity index (χ0v) is 26.6. The molecule has 4 aromatic rings. The first-order valence-corrected chi connectivity index (χ1v) is 16.1. The number of piperidine rings is 1. The molecule has 2 amide bonds. The van der Waals surface area contributed by atoms with Crippen LogP contribution in [-0.4, -0.2) is 68.1 Å². The van der Waals surface area contributed by atoms with Gasteiger partial charge in [-0.2, -0.15) is 5.10 Å². The van der Waals surface area contributed by atoms with Crippen LogP contribution >= 0.6 is 0 Å². The second-order valence-corrected chi connectivity index (χ2v) is 13.3. The average molecular weight is 666 g/mol. The van der Waals surface area contributed by atoms with E-state index in [0.717, 1.165) is 6.20 Å². The lowest BCUT2D eigenvalue weighted by atomic mass is 9.85. The van der Waals surface area contributed by atoms with Gasteiger partial charge in [-0.3, -0.25) is 24.4 Å². The van der Waals surface area contributed by atoms with Crippen LogP contribution in [-0.2, 0) is 17.8 Å². The Morgan fingerprint density at radius 1 is 1.08 bits per heavy atom. The molecule has 5 heterocycles. The topological polar surface area (TPSA) is 119 Å². The average Bonchev–Trinajstić information content (AvgIpc) is 3.44. The van der Waals surface area contributed by atoms with Crippen molar-refractivity contribution in [2.45, 2.75) is 70.5 Å². The number of likely N-dealkylation sites (tertiary alicyclic amines) is 1. The lowest BCUT2D eigenvalue weighted by Crippen LogP contribution is -2.53. The van der Waals surface area contributed by atoms with Crippen LogP contribution in [0.25, 0.3) is 22.2 Å². The second kappa shape index (κ2) is 12.1. The van der Waals surface area contributed by atoms with E-state index in [1.807, 2.05) is 18.5 Å². The van der Waals surface area contributed by atoms with Crippen LogP contribution < -0.4 is 15.4 Å². The Morgan fingerprint density at radius 2 is 1.83 bits per heavy atom. The number of nitrogens with two attached hydrogens (primary N) is 1. The fourth-order valence-corrected chi connectivity index (χ4v) is 7.10. The molecule has 1 aromatic carbocycles. The van der Waals surface area contributed by atoms with E-state index in [1.54, 1.807) is 24.4 Å². The lowest BCUT2D eigenvalue weighted by Gasteiger charge is -2.45. The van der Waals surface area contributed by atoms with E-state index in [0.29, 0.717) is 77.7 Å². The van der Waals surface area contributed by atoms with Crippen LogP contribution in [0.5, 0.6) is 5.75 Å². The van der Waals surface area contributed by atoms with Gasteiger partial charge in [-0.1, -0.05) is 19.9 Å². The summed E-state index contributed by atoms with van der Waals surface area (Å²) in [6.45, 7) is 4.83. The van der Waals surface area contributed by atoms with Gasteiger partial charge in [0, 0.05) is 49.0 Å². The van der Waals surface area contributed by atoms with Gasteiger partial charge in [-0.05, 0) is 42.9 Å². The third-order valence-corrected chi connectivity index (χ3v) is 9.48. The second-order valence-electron chi connectivity index (χ2n) is 13.3. The Morgan fingerprint density at radius 3 is 2.50 bits per heavy atom. The number of ether oxygens (including phenoxy) is 1. The molecule has 0 bridgehead atoms. The number of rotatable bonds is 8. The van der Waals surface area contributed by atoms with Crippen LogP contribution in [0.15, 0.2) is 36.7 Å². The summed E-state index contributed by atoms with van der Waals surface area (Å²) in [4.78, 5) is 38.2. The number of hydrogen-bond acceptors (Lipinski definition) is 7. The van der Waals surface area contributed by atoms with Crippen molar-refractivity contribution in [3.05, 3.63) is 65.2 Å². The summed E-state index contributed by atoms with van der Waals surface area (Å²) in [6.07, 6.45) is 4.26. The Labute approximate surface area is 273 Å². The summed E-state index contributed by atoms with van der Waals surface area (Å²) in [5.74, 6) is -4.88. The molecule has 14 heteroatoms. The Bertz CT molecular complexity index is 1910. The van der Waals surface area contributed by atoms with E-state index in [2.05, 4.69) is 9.88 Å². The highest BCUT2D eigenvalue weighted by Crippen LogP contribution is 2.43.